The molecule has 4 nitrogen and oxygen atoms in total. The van der Waals surface area contributed by atoms with E-state index in [4.69, 9.17) is 4.42 Å². The van der Waals surface area contributed by atoms with Crippen molar-refractivity contribution >= 4 is 27.5 Å². The zero-order valence-electron chi connectivity index (χ0n) is 13.2. The van der Waals surface area contributed by atoms with E-state index < -0.39 is 0 Å². The molecule has 1 aromatic heterocycles. The number of hydrogen-bond acceptors (Lipinski definition) is 3. The number of benzene rings is 1. The first-order chi connectivity index (χ1) is 11.1. The Morgan fingerprint density at radius 3 is 2.52 bits per heavy atom. The molecule has 0 aliphatic carbocycles. The molecule has 1 fully saturated rings. The second-order valence-corrected chi connectivity index (χ2v) is 7.00. The van der Waals surface area contributed by atoms with Gasteiger partial charge in [-0.05, 0) is 77.6 Å². The molecular weight excluding hydrogens is 356 g/mol. The maximum atomic E-state index is 12.0. The van der Waals surface area contributed by atoms with Crippen molar-refractivity contribution in [3.8, 4) is 0 Å². The Bertz CT molecular complexity index is 658. The largest absolute Gasteiger partial charge is 0.444 e. The van der Waals surface area contributed by atoms with Gasteiger partial charge in [0.05, 0.1) is 0 Å². The van der Waals surface area contributed by atoms with Gasteiger partial charge in [0.1, 0.15) is 0 Å². The summed E-state index contributed by atoms with van der Waals surface area (Å²) in [5.41, 5.74) is 2.05. The number of piperidine rings is 1. The van der Waals surface area contributed by atoms with Crippen LogP contribution < -0.4 is 5.32 Å². The fourth-order valence-electron chi connectivity index (χ4n) is 2.80. The third kappa shape index (κ3) is 4.45. The molecule has 23 heavy (non-hydrogen) atoms. The van der Waals surface area contributed by atoms with Gasteiger partial charge in [-0.15, -0.1) is 0 Å². The van der Waals surface area contributed by atoms with E-state index in [1.807, 2.05) is 12.1 Å². The van der Waals surface area contributed by atoms with Crippen LogP contribution in [-0.2, 0) is 6.54 Å². The Morgan fingerprint density at radius 2 is 1.91 bits per heavy atom. The summed E-state index contributed by atoms with van der Waals surface area (Å²) in [6, 6.07) is 11.4. The number of amides is 1. The molecule has 0 spiro atoms. The highest BCUT2D eigenvalue weighted by Gasteiger charge is 2.15. The van der Waals surface area contributed by atoms with Crippen LogP contribution in [0.15, 0.2) is 45.5 Å². The summed E-state index contributed by atoms with van der Waals surface area (Å²) in [5, 5.41) is 2.84. The summed E-state index contributed by atoms with van der Waals surface area (Å²) < 4.78 is 5.80. The van der Waals surface area contributed by atoms with E-state index >= 15 is 0 Å². The van der Waals surface area contributed by atoms with Crippen molar-refractivity contribution in [3.63, 3.8) is 0 Å². The minimum atomic E-state index is -0.242. The van der Waals surface area contributed by atoms with Gasteiger partial charge in [-0.2, -0.15) is 0 Å². The van der Waals surface area contributed by atoms with Crippen molar-refractivity contribution in [3.05, 3.63) is 52.4 Å². The molecule has 122 valence electrons. The third-order valence-electron chi connectivity index (χ3n) is 4.29. The highest BCUT2D eigenvalue weighted by atomic mass is 79.9. The summed E-state index contributed by atoms with van der Waals surface area (Å²) in [5.74, 6) is 0.905. The molecular formula is C18H21BrN2O2. The van der Waals surface area contributed by atoms with E-state index in [0.717, 1.165) is 18.2 Å². The molecule has 1 amide bonds. The first-order valence-corrected chi connectivity index (χ1v) is 8.77. The highest BCUT2D eigenvalue weighted by Crippen LogP contribution is 2.20. The lowest BCUT2D eigenvalue weighted by atomic mass is 9.99. The number of nitrogens with zero attached hydrogens (tertiary/aromatic N) is 1. The number of hydrogen-bond donors (Lipinski definition) is 1. The van der Waals surface area contributed by atoms with Crippen molar-refractivity contribution in [2.75, 3.05) is 18.4 Å². The van der Waals surface area contributed by atoms with Crippen LogP contribution in [0.1, 0.15) is 35.9 Å². The first-order valence-electron chi connectivity index (χ1n) is 7.98. The van der Waals surface area contributed by atoms with Gasteiger partial charge in [-0.3, -0.25) is 9.69 Å². The van der Waals surface area contributed by atoms with Crippen molar-refractivity contribution in [1.82, 2.24) is 4.90 Å². The van der Waals surface area contributed by atoms with Crippen molar-refractivity contribution in [2.24, 2.45) is 5.92 Å². The van der Waals surface area contributed by atoms with Crippen LogP contribution in [0.5, 0.6) is 0 Å². The molecule has 1 aliphatic rings. The molecule has 3 rings (SSSR count). The van der Waals surface area contributed by atoms with Gasteiger partial charge in [-0.1, -0.05) is 19.1 Å². The molecule has 2 heterocycles. The molecule has 0 saturated carbocycles. The fourth-order valence-corrected chi connectivity index (χ4v) is 3.11. The average molecular weight is 377 g/mol. The molecule has 1 saturated heterocycles. The van der Waals surface area contributed by atoms with Gasteiger partial charge in [0.2, 0.25) is 0 Å². The van der Waals surface area contributed by atoms with Gasteiger partial charge >= 0.3 is 0 Å². The Labute approximate surface area is 145 Å². The third-order valence-corrected chi connectivity index (χ3v) is 4.72. The molecule has 0 bridgehead atoms. The lowest BCUT2D eigenvalue weighted by molar-refractivity contribution is 0.0995. The number of anilines is 1. The molecule has 2 aromatic rings. The standard InChI is InChI=1S/C18H21BrN2O2/c1-13-8-10-21(11-9-13)12-14-2-4-15(5-3-14)20-18(22)16-6-7-17(19)23-16/h2-7,13H,8-12H2,1H3,(H,20,22). The van der Waals surface area contributed by atoms with E-state index in [-0.39, 0.29) is 5.91 Å². The van der Waals surface area contributed by atoms with Crippen molar-refractivity contribution in [1.29, 1.82) is 0 Å². The Kier molecular flexibility index (Phi) is 5.18. The molecule has 0 radical (unpaired) electrons. The van der Waals surface area contributed by atoms with E-state index in [1.54, 1.807) is 12.1 Å². The second kappa shape index (κ2) is 7.32. The van der Waals surface area contributed by atoms with Crippen LogP contribution in [0.3, 0.4) is 0 Å². The number of halogens is 1. The van der Waals surface area contributed by atoms with Gasteiger partial charge in [0.25, 0.3) is 5.91 Å². The number of likely N-dealkylation sites (tertiary alicyclic amines) is 1. The predicted molar refractivity (Wildman–Crippen MR) is 94.5 cm³/mol. The van der Waals surface area contributed by atoms with Crippen LogP contribution in [0.2, 0.25) is 0 Å². The van der Waals surface area contributed by atoms with E-state index in [0.29, 0.717) is 10.4 Å². The number of carbonyl (C=O) groups is 1. The number of nitrogens with one attached hydrogen (secondary N) is 1. The molecule has 0 unspecified atom stereocenters. The smallest absolute Gasteiger partial charge is 0.291 e. The maximum Gasteiger partial charge on any atom is 0.291 e. The van der Waals surface area contributed by atoms with Gasteiger partial charge in [0, 0.05) is 12.2 Å². The summed E-state index contributed by atoms with van der Waals surface area (Å²) >= 11 is 3.19. The zero-order valence-corrected chi connectivity index (χ0v) is 14.8. The normalized spacial score (nSPS) is 16.4. The molecule has 1 N–H and O–H groups in total. The summed E-state index contributed by atoms with van der Waals surface area (Å²) in [7, 11) is 0. The first kappa shape index (κ1) is 16.3. The van der Waals surface area contributed by atoms with Crippen LogP contribution in [0.25, 0.3) is 0 Å². The SMILES string of the molecule is CC1CCN(Cc2ccc(NC(=O)c3ccc(Br)o3)cc2)CC1. The summed E-state index contributed by atoms with van der Waals surface area (Å²) in [4.78, 5) is 14.5. The molecule has 1 aromatic carbocycles. The van der Waals surface area contributed by atoms with E-state index in [9.17, 15) is 4.79 Å². The predicted octanol–water partition coefficient (Wildman–Crippen LogP) is 4.53. The topological polar surface area (TPSA) is 45.5 Å². The Morgan fingerprint density at radius 1 is 1.22 bits per heavy atom. The Balaban J connectivity index is 1.55. The maximum absolute atomic E-state index is 12.0. The molecule has 0 atom stereocenters. The summed E-state index contributed by atoms with van der Waals surface area (Å²) in [6.07, 6.45) is 2.57. The Hall–Kier alpha value is -1.59. The van der Waals surface area contributed by atoms with E-state index in [1.165, 1.54) is 31.5 Å². The second-order valence-electron chi connectivity index (χ2n) is 6.21. The highest BCUT2D eigenvalue weighted by molar-refractivity contribution is 9.10. The minimum Gasteiger partial charge on any atom is -0.444 e. The zero-order chi connectivity index (χ0) is 16.2. The van der Waals surface area contributed by atoms with E-state index in [2.05, 4.69) is 45.2 Å². The van der Waals surface area contributed by atoms with Crippen molar-refractivity contribution in [2.45, 2.75) is 26.3 Å². The van der Waals surface area contributed by atoms with Crippen LogP contribution in [0, 0.1) is 5.92 Å². The van der Waals surface area contributed by atoms with Gasteiger partial charge < -0.3 is 9.73 Å². The van der Waals surface area contributed by atoms with Gasteiger partial charge in [-0.25, -0.2) is 0 Å². The number of carbonyl (C=O) groups excluding carboxylic acids is 1. The minimum absolute atomic E-state index is 0.242. The monoisotopic (exact) mass is 376 g/mol. The van der Waals surface area contributed by atoms with Crippen LogP contribution in [0.4, 0.5) is 5.69 Å². The quantitative estimate of drug-likeness (QED) is 0.852. The van der Waals surface area contributed by atoms with Crippen LogP contribution in [-0.4, -0.2) is 23.9 Å². The number of rotatable bonds is 4. The molecule has 1 aliphatic heterocycles. The molecule has 5 heteroatoms. The summed E-state index contributed by atoms with van der Waals surface area (Å²) in [6.45, 7) is 5.65. The fraction of sp³-hybridized carbons (Fsp3) is 0.389. The number of furan rings is 1. The van der Waals surface area contributed by atoms with Crippen LogP contribution >= 0.6 is 15.9 Å². The van der Waals surface area contributed by atoms with Gasteiger partial charge in [0.15, 0.2) is 10.4 Å². The lowest BCUT2D eigenvalue weighted by Crippen LogP contribution is -2.32. The average Bonchev–Trinajstić information content (AvgIpc) is 2.98. The van der Waals surface area contributed by atoms with Crippen molar-refractivity contribution < 1.29 is 9.21 Å². The lowest BCUT2D eigenvalue weighted by Gasteiger charge is -2.30.